The predicted octanol–water partition coefficient (Wildman–Crippen LogP) is 1.69. The van der Waals surface area contributed by atoms with Crippen molar-refractivity contribution in [1.82, 2.24) is 10.2 Å². The molecule has 1 aliphatic carbocycles. The molecule has 1 aliphatic heterocycles. The smallest absolute Gasteiger partial charge is 0.243 e. The molecule has 0 spiro atoms. The lowest BCUT2D eigenvalue weighted by atomic mass is 9.82. The highest BCUT2D eigenvalue weighted by Crippen LogP contribution is 2.30. The van der Waals surface area contributed by atoms with Gasteiger partial charge in [0.05, 0.1) is 6.54 Å². The average Bonchev–Trinajstić information content (AvgIpc) is 2.40. The van der Waals surface area contributed by atoms with E-state index in [1.165, 1.54) is 19.3 Å². The zero-order valence-corrected chi connectivity index (χ0v) is 11.3. The number of piperazine rings is 1. The molecule has 102 valence electrons. The molecular formula is C14H24N2O2. The van der Waals surface area contributed by atoms with Gasteiger partial charge in [-0.2, -0.15) is 0 Å². The molecule has 4 heteroatoms. The molecule has 18 heavy (non-hydrogen) atoms. The van der Waals surface area contributed by atoms with Crippen molar-refractivity contribution in [2.24, 2.45) is 5.92 Å². The van der Waals surface area contributed by atoms with Crippen molar-refractivity contribution in [2.45, 2.75) is 57.9 Å². The number of carbonyl (C=O) groups is 2. The number of nitrogens with zero attached hydrogens (tertiary/aromatic N) is 1. The zero-order chi connectivity index (χ0) is 13.0. The Kier molecular flexibility index (Phi) is 4.61. The van der Waals surface area contributed by atoms with Gasteiger partial charge in [0.25, 0.3) is 0 Å². The van der Waals surface area contributed by atoms with E-state index in [2.05, 4.69) is 12.2 Å². The molecule has 2 amide bonds. The Morgan fingerprint density at radius 2 is 1.94 bits per heavy atom. The number of rotatable bonds is 4. The standard InChI is InChI=1S/C14H24N2O2/c1-2-3-9-16-12(17)10-15-14(18)13(16)11-7-5-4-6-8-11/h11,13H,2-10H2,1H3,(H,15,18). The van der Waals surface area contributed by atoms with Gasteiger partial charge in [-0.15, -0.1) is 0 Å². The molecule has 2 fully saturated rings. The maximum atomic E-state index is 12.1. The lowest BCUT2D eigenvalue weighted by Crippen LogP contribution is -2.61. The summed E-state index contributed by atoms with van der Waals surface area (Å²) in [6.45, 7) is 3.04. The summed E-state index contributed by atoms with van der Waals surface area (Å²) in [6, 6.07) is -0.196. The molecule has 0 radical (unpaired) electrons. The highest BCUT2D eigenvalue weighted by Gasteiger charge is 2.39. The molecule has 0 aromatic heterocycles. The van der Waals surface area contributed by atoms with Crippen LogP contribution < -0.4 is 5.32 Å². The van der Waals surface area contributed by atoms with Crippen LogP contribution in [0.1, 0.15) is 51.9 Å². The van der Waals surface area contributed by atoms with Crippen LogP contribution in [-0.2, 0) is 9.59 Å². The van der Waals surface area contributed by atoms with Gasteiger partial charge >= 0.3 is 0 Å². The zero-order valence-electron chi connectivity index (χ0n) is 11.3. The summed E-state index contributed by atoms with van der Waals surface area (Å²) < 4.78 is 0. The first-order chi connectivity index (χ1) is 8.74. The number of nitrogens with one attached hydrogen (secondary N) is 1. The van der Waals surface area contributed by atoms with Gasteiger partial charge in [-0.05, 0) is 25.2 Å². The van der Waals surface area contributed by atoms with E-state index < -0.39 is 0 Å². The van der Waals surface area contributed by atoms with Crippen LogP contribution in [0, 0.1) is 5.92 Å². The van der Waals surface area contributed by atoms with Crippen molar-refractivity contribution in [3.05, 3.63) is 0 Å². The van der Waals surface area contributed by atoms with Crippen molar-refractivity contribution >= 4 is 11.8 Å². The first kappa shape index (κ1) is 13.4. The van der Waals surface area contributed by atoms with Crippen molar-refractivity contribution in [3.63, 3.8) is 0 Å². The summed E-state index contributed by atoms with van der Waals surface area (Å²) in [5, 5.41) is 2.76. The van der Waals surface area contributed by atoms with E-state index in [0.29, 0.717) is 5.92 Å². The van der Waals surface area contributed by atoms with Crippen molar-refractivity contribution in [1.29, 1.82) is 0 Å². The van der Waals surface area contributed by atoms with E-state index >= 15 is 0 Å². The van der Waals surface area contributed by atoms with E-state index in [-0.39, 0.29) is 24.4 Å². The monoisotopic (exact) mass is 252 g/mol. The van der Waals surface area contributed by atoms with E-state index in [1.54, 1.807) is 0 Å². The Hall–Kier alpha value is -1.06. The van der Waals surface area contributed by atoms with Crippen LogP contribution in [-0.4, -0.2) is 35.8 Å². The molecule has 1 atom stereocenters. The molecule has 1 N–H and O–H groups in total. The second-order valence-electron chi connectivity index (χ2n) is 5.50. The number of unbranched alkanes of at least 4 members (excludes halogenated alkanes) is 1. The fourth-order valence-electron chi connectivity index (χ4n) is 3.18. The molecule has 1 unspecified atom stereocenters. The van der Waals surface area contributed by atoms with Crippen LogP contribution in [0.5, 0.6) is 0 Å². The topological polar surface area (TPSA) is 49.4 Å². The third-order valence-corrected chi connectivity index (χ3v) is 4.19. The highest BCUT2D eigenvalue weighted by atomic mass is 16.2. The van der Waals surface area contributed by atoms with Gasteiger partial charge in [0, 0.05) is 6.54 Å². The molecule has 0 aromatic carbocycles. The molecule has 1 heterocycles. The van der Waals surface area contributed by atoms with Gasteiger partial charge < -0.3 is 10.2 Å². The summed E-state index contributed by atoms with van der Waals surface area (Å²) in [6.07, 6.45) is 7.90. The van der Waals surface area contributed by atoms with Crippen LogP contribution >= 0.6 is 0 Å². The van der Waals surface area contributed by atoms with Crippen LogP contribution in [0.4, 0.5) is 0 Å². The molecule has 1 saturated heterocycles. The Bertz CT molecular complexity index is 311. The predicted molar refractivity (Wildman–Crippen MR) is 70.0 cm³/mol. The van der Waals surface area contributed by atoms with Gasteiger partial charge in [0.15, 0.2) is 0 Å². The van der Waals surface area contributed by atoms with Crippen LogP contribution in [0.15, 0.2) is 0 Å². The van der Waals surface area contributed by atoms with Crippen molar-refractivity contribution < 1.29 is 9.59 Å². The molecular weight excluding hydrogens is 228 g/mol. The highest BCUT2D eigenvalue weighted by molar-refractivity contribution is 5.95. The SMILES string of the molecule is CCCCN1C(=O)CNC(=O)C1C1CCCCC1. The minimum absolute atomic E-state index is 0.0672. The van der Waals surface area contributed by atoms with Gasteiger partial charge in [0.1, 0.15) is 6.04 Å². The van der Waals surface area contributed by atoms with Crippen molar-refractivity contribution in [2.75, 3.05) is 13.1 Å². The number of carbonyl (C=O) groups excluding carboxylic acids is 2. The first-order valence-electron chi connectivity index (χ1n) is 7.31. The average molecular weight is 252 g/mol. The third-order valence-electron chi connectivity index (χ3n) is 4.19. The quantitative estimate of drug-likeness (QED) is 0.828. The Balaban J connectivity index is 2.08. The Labute approximate surface area is 109 Å². The van der Waals surface area contributed by atoms with Gasteiger partial charge in [-0.25, -0.2) is 0 Å². The minimum Gasteiger partial charge on any atom is -0.345 e. The molecule has 0 bridgehead atoms. The largest absolute Gasteiger partial charge is 0.345 e. The number of hydrogen-bond acceptors (Lipinski definition) is 2. The van der Waals surface area contributed by atoms with E-state index in [9.17, 15) is 9.59 Å². The van der Waals surface area contributed by atoms with Crippen molar-refractivity contribution in [3.8, 4) is 0 Å². The number of amides is 2. The van der Waals surface area contributed by atoms with E-state index in [0.717, 1.165) is 32.2 Å². The van der Waals surface area contributed by atoms with E-state index in [4.69, 9.17) is 0 Å². The molecule has 1 saturated carbocycles. The molecule has 2 rings (SSSR count). The van der Waals surface area contributed by atoms with Crippen LogP contribution in [0.3, 0.4) is 0 Å². The van der Waals surface area contributed by atoms with Gasteiger partial charge in [0.2, 0.25) is 11.8 Å². The summed E-state index contributed by atoms with van der Waals surface area (Å²) in [5.41, 5.74) is 0. The summed E-state index contributed by atoms with van der Waals surface area (Å²) >= 11 is 0. The normalized spacial score (nSPS) is 26.3. The van der Waals surface area contributed by atoms with Crippen LogP contribution in [0.2, 0.25) is 0 Å². The Morgan fingerprint density at radius 3 is 2.61 bits per heavy atom. The molecule has 0 aromatic rings. The van der Waals surface area contributed by atoms with Gasteiger partial charge in [-0.1, -0.05) is 32.6 Å². The second kappa shape index (κ2) is 6.21. The lowest BCUT2D eigenvalue weighted by molar-refractivity contribution is -0.148. The lowest BCUT2D eigenvalue weighted by Gasteiger charge is -2.40. The summed E-state index contributed by atoms with van der Waals surface area (Å²) in [4.78, 5) is 26.0. The first-order valence-corrected chi connectivity index (χ1v) is 7.31. The number of hydrogen-bond donors (Lipinski definition) is 1. The summed E-state index contributed by atoms with van der Waals surface area (Å²) in [7, 11) is 0. The minimum atomic E-state index is -0.196. The van der Waals surface area contributed by atoms with Gasteiger partial charge in [-0.3, -0.25) is 9.59 Å². The second-order valence-corrected chi connectivity index (χ2v) is 5.50. The van der Waals surface area contributed by atoms with E-state index in [1.807, 2.05) is 4.90 Å². The fourth-order valence-corrected chi connectivity index (χ4v) is 3.18. The fraction of sp³-hybridized carbons (Fsp3) is 0.857. The van der Waals surface area contributed by atoms with Crippen LogP contribution in [0.25, 0.3) is 0 Å². The Morgan fingerprint density at radius 1 is 1.22 bits per heavy atom. The third kappa shape index (κ3) is 2.85. The maximum Gasteiger partial charge on any atom is 0.243 e. The molecule has 4 nitrogen and oxygen atoms in total. The molecule has 2 aliphatic rings. The summed E-state index contributed by atoms with van der Waals surface area (Å²) in [5.74, 6) is 0.538. The maximum absolute atomic E-state index is 12.1.